The largest absolute Gasteiger partial charge is 0.454 e. The molecule has 0 bridgehead atoms. The maximum absolute atomic E-state index is 13.0. The van der Waals surface area contributed by atoms with Gasteiger partial charge in [-0.1, -0.05) is 24.3 Å². The zero-order valence-corrected chi connectivity index (χ0v) is 18.3. The first-order valence-electron chi connectivity index (χ1n) is 11.0. The van der Waals surface area contributed by atoms with Crippen LogP contribution in [0.1, 0.15) is 33.6 Å². The monoisotopic (exact) mass is 449 g/mol. The van der Waals surface area contributed by atoms with Crippen molar-refractivity contribution in [1.82, 2.24) is 15.5 Å². The van der Waals surface area contributed by atoms with E-state index in [4.69, 9.17) is 9.47 Å². The third-order valence-corrected chi connectivity index (χ3v) is 5.94. The summed E-state index contributed by atoms with van der Waals surface area (Å²) in [6.07, 6.45) is 2.80. The van der Waals surface area contributed by atoms with Crippen LogP contribution < -0.4 is 20.1 Å². The van der Waals surface area contributed by atoms with E-state index in [1.54, 1.807) is 41.3 Å². The molecule has 1 saturated heterocycles. The van der Waals surface area contributed by atoms with E-state index in [0.29, 0.717) is 55.1 Å². The average molecular weight is 450 g/mol. The molecule has 0 radical (unpaired) electrons. The van der Waals surface area contributed by atoms with Gasteiger partial charge >= 0.3 is 0 Å². The van der Waals surface area contributed by atoms with Crippen LogP contribution in [-0.4, -0.2) is 55.1 Å². The van der Waals surface area contributed by atoms with Crippen molar-refractivity contribution in [3.63, 3.8) is 0 Å². The fourth-order valence-electron chi connectivity index (χ4n) is 4.14. The summed E-state index contributed by atoms with van der Waals surface area (Å²) in [5.74, 6) is 0.329. The average Bonchev–Trinajstić information content (AvgIpc) is 3.34. The molecule has 0 spiro atoms. The molecule has 0 aliphatic carbocycles. The number of hydrogen-bond acceptors (Lipinski definition) is 5. The Bertz CT molecular complexity index is 1030. The molecular formula is C25H27N3O5. The van der Waals surface area contributed by atoms with E-state index in [9.17, 15) is 14.4 Å². The Morgan fingerprint density at radius 1 is 1.03 bits per heavy atom. The number of hydrogen-bond donors (Lipinski definition) is 2. The summed E-state index contributed by atoms with van der Waals surface area (Å²) in [4.78, 5) is 40.4. The van der Waals surface area contributed by atoms with E-state index >= 15 is 0 Å². The minimum absolute atomic E-state index is 0.0221. The van der Waals surface area contributed by atoms with Crippen LogP contribution in [0.3, 0.4) is 0 Å². The van der Waals surface area contributed by atoms with Gasteiger partial charge in [0.1, 0.15) is 6.04 Å². The third kappa shape index (κ3) is 5.16. The summed E-state index contributed by atoms with van der Waals surface area (Å²) in [6.45, 7) is 5.09. The Labute approximate surface area is 192 Å². The van der Waals surface area contributed by atoms with Gasteiger partial charge in [0.2, 0.25) is 12.7 Å². The van der Waals surface area contributed by atoms with Gasteiger partial charge < -0.3 is 25.0 Å². The SMILES string of the molecule is C=CCNC(=O)[C@@H](NC(=O)c1ccc2c(c1)OCO2)C1CCN(C(=O)c2ccccc2)CC1. The predicted octanol–water partition coefficient (Wildman–Crippen LogP) is 2.37. The number of benzene rings is 2. The van der Waals surface area contributed by atoms with Crippen LogP contribution in [-0.2, 0) is 4.79 Å². The molecule has 4 rings (SSSR count). The molecule has 172 valence electrons. The van der Waals surface area contributed by atoms with Gasteiger partial charge in [-0.25, -0.2) is 0 Å². The summed E-state index contributed by atoms with van der Waals surface area (Å²) >= 11 is 0. The van der Waals surface area contributed by atoms with Crippen molar-refractivity contribution in [3.8, 4) is 11.5 Å². The summed E-state index contributed by atoms with van der Waals surface area (Å²) < 4.78 is 10.6. The molecule has 2 aliphatic rings. The number of amides is 3. The number of piperidine rings is 1. The Morgan fingerprint density at radius 2 is 1.76 bits per heavy atom. The molecule has 2 N–H and O–H groups in total. The maximum Gasteiger partial charge on any atom is 0.253 e. The zero-order valence-electron chi connectivity index (χ0n) is 18.3. The molecule has 3 amide bonds. The highest BCUT2D eigenvalue weighted by atomic mass is 16.7. The molecule has 2 aromatic rings. The molecule has 0 saturated carbocycles. The molecule has 33 heavy (non-hydrogen) atoms. The second-order valence-corrected chi connectivity index (χ2v) is 8.05. The molecular weight excluding hydrogens is 422 g/mol. The summed E-state index contributed by atoms with van der Waals surface area (Å²) in [5.41, 5.74) is 1.03. The highest BCUT2D eigenvalue weighted by molar-refractivity contribution is 5.98. The molecule has 0 unspecified atom stereocenters. The van der Waals surface area contributed by atoms with Crippen LogP contribution in [0.15, 0.2) is 61.2 Å². The first-order valence-corrected chi connectivity index (χ1v) is 11.0. The van der Waals surface area contributed by atoms with Gasteiger partial charge in [0.25, 0.3) is 11.8 Å². The molecule has 1 fully saturated rings. The van der Waals surface area contributed by atoms with Crippen LogP contribution in [0.25, 0.3) is 0 Å². The predicted molar refractivity (Wildman–Crippen MR) is 122 cm³/mol. The molecule has 8 heteroatoms. The van der Waals surface area contributed by atoms with Gasteiger partial charge in [0.15, 0.2) is 11.5 Å². The van der Waals surface area contributed by atoms with E-state index in [-0.39, 0.29) is 30.4 Å². The van der Waals surface area contributed by atoms with Gasteiger partial charge in [-0.2, -0.15) is 0 Å². The van der Waals surface area contributed by atoms with Crippen molar-refractivity contribution in [2.45, 2.75) is 18.9 Å². The molecule has 0 aromatic heterocycles. The van der Waals surface area contributed by atoms with Gasteiger partial charge in [-0.05, 0) is 49.1 Å². The highest BCUT2D eigenvalue weighted by Gasteiger charge is 2.34. The second kappa shape index (κ2) is 10.2. The Hall–Kier alpha value is -3.81. The smallest absolute Gasteiger partial charge is 0.253 e. The minimum Gasteiger partial charge on any atom is -0.454 e. The number of likely N-dealkylation sites (tertiary alicyclic amines) is 1. The number of nitrogens with zero attached hydrogens (tertiary/aromatic N) is 1. The third-order valence-electron chi connectivity index (χ3n) is 5.94. The Kier molecular flexibility index (Phi) is 6.92. The molecule has 2 heterocycles. The van der Waals surface area contributed by atoms with Crippen LogP contribution in [0.5, 0.6) is 11.5 Å². The lowest BCUT2D eigenvalue weighted by Crippen LogP contribution is -2.53. The lowest BCUT2D eigenvalue weighted by molar-refractivity contribution is -0.124. The quantitative estimate of drug-likeness (QED) is 0.633. The van der Waals surface area contributed by atoms with Gasteiger partial charge in [0.05, 0.1) is 0 Å². The van der Waals surface area contributed by atoms with E-state index in [1.165, 1.54) is 0 Å². The van der Waals surface area contributed by atoms with Crippen molar-refractivity contribution in [3.05, 3.63) is 72.3 Å². The fraction of sp³-hybridized carbons (Fsp3) is 0.320. The first kappa shape index (κ1) is 22.4. The normalized spacial score (nSPS) is 16.1. The first-order chi connectivity index (χ1) is 16.1. The van der Waals surface area contributed by atoms with Crippen molar-refractivity contribution >= 4 is 17.7 Å². The van der Waals surface area contributed by atoms with Crippen molar-refractivity contribution < 1.29 is 23.9 Å². The number of rotatable bonds is 7. The van der Waals surface area contributed by atoms with E-state index in [2.05, 4.69) is 17.2 Å². The highest BCUT2D eigenvalue weighted by Crippen LogP contribution is 2.32. The lowest BCUT2D eigenvalue weighted by atomic mass is 9.88. The topological polar surface area (TPSA) is 97.0 Å². The van der Waals surface area contributed by atoms with E-state index in [1.807, 2.05) is 18.2 Å². The molecule has 8 nitrogen and oxygen atoms in total. The zero-order chi connectivity index (χ0) is 23.2. The Balaban J connectivity index is 1.43. The van der Waals surface area contributed by atoms with Gasteiger partial charge in [-0.15, -0.1) is 6.58 Å². The molecule has 2 aromatic carbocycles. The van der Waals surface area contributed by atoms with Crippen LogP contribution in [0.4, 0.5) is 0 Å². The molecule has 2 aliphatic heterocycles. The van der Waals surface area contributed by atoms with Crippen LogP contribution in [0, 0.1) is 5.92 Å². The Morgan fingerprint density at radius 3 is 2.48 bits per heavy atom. The molecule has 1 atom stereocenters. The van der Waals surface area contributed by atoms with Crippen molar-refractivity contribution in [1.29, 1.82) is 0 Å². The van der Waals surface area contributed by atoms with E-state index < -0.39 is 6.04 Å². The number of fused-ring (bicyclic) bond motifs is 1. The number of ether oxygens (including phenoxy) is 2. The van der Waals surface area contributed by atoms with Gasteiger partial charge in [-0.3, -0.25) is 14.4 Å². The maximum atomic E-state index is 13.0. The lowest BCUT2D eigenvalue weighted by Gasteiger charge is -2.35. The number of carbonyl (C=O) groups is 3. The summed E-state index contributed by atoms with van der Waals surface area (Å²) in [5, 5.41) is 5.68. The summed E-state index contributed by atoms with van der Waals surface area (Å²) in [6, 6.07) is 13.3. The number of nitrogens with one attached hydrogen (secondary N) is 2. The number of carbonyl (C=O) groups excluding carboxylic acids is 3. The standard InChI is InChI=1S/C25H27N3O5/c1-2-12-26-24(30)22(27-23(29)19-8-9-20-21(15-19)33-16-32-20)17-10-13-28(14-11-17)25(31)18-6-4-3-5-7-18/h2-9,15,17,22H,1,10-14,16H2,(H,26,30)(H,27,29)/t22-/m0/s1. The van der Waals surface area contributed by atoms with Crippen LogP contribution in [0.2, 0.25) is 0 Å². The van der Waals surface area contributed by atoms with Gasteiger partial charge in [0, 0.05) is 30.8 Å². The van der Waals surface area contributed by atoms with E-state index in [0.717, 1.165) is 0 Å². The minimum atomic E-state index is -0.725. The van der Waals surface area contributed by atoms with Crippen molar-refractivity contribution in [2.75, 3.05) is 26.4 Å². The van der Waals surface area contributed by atoms with Crippen LogP contribution >= 0.6 is 0 Å². The fourth-order valence-corrected chi connectivity index (χ4v) is 4.14. The van der Waals surface area contributed by atoms with Crippen molar-refractivity contribution in [2.24, 2.45) is 5.92 Å². The summed E-state index contributed by atoms with van der Waals surface area (Å²) in [7, 11) is 0. The second-order valence-electron chi connectivity index (χ2n) is 8.05.